The van der Waals surface area contributed by atoms with Gasteiger partial charge in [-0.25, -0.2) is 4.39 Å². The molecule has 94 valence electrons. The lowest BCUT2D eigenvalue weighted by Gasteiger charge is -2.25. The number of nitrogens with one attached hydrogen (secondary N) is 1. The van der Waals surface area contributed by atoms with E-state index in [0.29, 0.717) is 5.56 Å². The average Bonchev–Trinajstić information content (AvgIpc) is 2.34. The van der Waals surface area contributed by atoms with Crippen LogP contribution in [-0.2, 0) is 4.79 Å². The zero-order valence-corrected chi connectivity index (χ0v) is 10.5. The molecular weight excluding hydrogens is 219 g/mol. The van der Waals surface area contributed by atoms with Crippen LogP contribution in [0.25, 0.3) is 0 Å². The Hall–Kier alpha value is -1.42. The molecule has 0 radical (unpaired) electrons. The minimum Gasteiger partial charge on any atom is -0.338 e. The van der Waals surface area contributed by atoms with E-state index in [1.807, 2.05) is 13.8 Å². The van der Waals surface area contributed by atoms with Crippen molar-refractivity contribution >= 4 is 5.91 Å². The van der Waals surface area contributed by atoms with Crippen molar-refractivity contribution < 1.29 is 9.18 Å². The van der Waals surface area contributed by atoms with E-state index in [1.165, 1.54) is 6.07 Å². The van der Waals surface area contributed by atoms with Gasteiger partial charge >= 0.3 is 0 Å². The summed E-state index contributed by atoms with van der Waals surface area (Å²) in [7, 11) is 1.69. The minimum absolute atomic E-state index is 0.0393. The highest BCUT2D eigenvalue weighted by atomic mass is 19.1. The van der Waals surface area contributed by atoms with E-state index in [-0.39, 0.29) is 24.3 Å². The highest BCUT2D eigenvalue weighted by Gasteiger charge is 2.19. The third kappa shape index (κ3) is 3.53. The molecule has 0 aliphatic rings. The number of rotatable bonds is 5. The van der Waals surface area contributed by atoms with Crippen LogP contribution in [-0.4, -0.2) is 30.9 Å². The van der Waals surface area contributed by atoms with E-state index >= 15 is 0 Å². The van der Waals surface area contributed by atoms with Gasteiger partial charge in [-0.3, -0.25) is 4.79 Å². The molecule has 17 heavy (non-hydrogen) atoms. The molecule has 0 heterocycles. The summed E-state index contributed by atoms with van der Waals surface area (Å²) in [6, 6.07) is 6.28. The lowest BCUT2D eigenvalue weighted by molar-refractivity contribution is -0.130. The highest BCUT2D eigenvalue weighted by Crippen LogP contribution is 2.21. The summed E-state index contributed by atoms with van der Waals surface area (Å²) in [5.74, 6) is -0.314. The number of carbonyl (C=O) groups excluding carboxylic acids is 1. The van der Waals surface area contributed by atoms with Crippen molar-refractivity contribution in [3.8, 4) is 0 Å². The van der Waals surface area contributed by atoms with Crippen LogP contribution in [0.15, 0.2) is 24.3 Å². The molecule has 0 aromatic heterocycles. The van der Waals surface area contributed by atoms with Gasteiger partial charge in [-0.1, -0.05) is 25.1 Å². The van der Waals surface area contributed by atoms with Crippen molar-refractivity contribution in [3.63, 3.8) is 0 Å². The van der Waals surface area contributed by atoms with Crippen LogP contribution in [0.1, 0.15) is 25.5 Å². The third-order valence-corrected chi connectivity index (χ3v) is 2.86. The Morgan fingerprint density at radius 1 is 1.47 bits per heavy atom. The zero-order valence-electron chi connectivity index (χ0n) is 10.5. The van der Waals surface area contributed by atoms with E-state index in [2.05, 4.69) is 5.32 Å². The van der Waals surface area contributed by atoms with Crippen LogP contribution in [0.4, 0.5) is 4.39 Å². The SMILES string of the molecule is CCNCC(=O)N(C)C(C)c1ccccc1F. The highest BCUT2D eigenvalue weighted by molar-refractivity contribution is 5.78. The topological polar surface area (TPSA) is 32.3 Å². The predicted molar refractivity (Wildman–Crippen MR) is 66.1 cm³/mol. The third-order valence-electron chi connectivity index (χ3n) is 2.86. The van der Waals surface area contributed by atoms with Gasteiger partial charge in [-0.15, -0.1) is 0 Å². The maximum Gasteiger partial charge on any atom is 0.236 e. The molecule has 0 aliphatic carbocycles. The van der Waals surface area contributed by atoms with Gasteiger partial charge in [0.25, 0.3) is 0 Å². The van der Waals surface area contributed by atoms with Crippen LogP contribution in [0.3, 0.4) is 0 Å². The molecule has 1 aromatic rings. The van der Waals surface area contributed by atoms with E-state index in [0.717, 1.165) is 6.54 Å². The molecule has 3 nitrogen and oxygen atoms in total. The smallest absolute Gasteiger partial charge is 0.236 e. The molecule has 1 amide bonds. The Morgan fingerprint density at radius 3 is 2.71 bits per heavy atom. The van der Waals surface area contributed by atoms with Crippen LogP contribution in [0, 0.1) is 5.82 Å². The number of hydrogen-bond donors (Lipinski definition) is 1. The molecule has 1 aromatic carbocycles. The van der Waals surface area contributed by atoms with E-state index in [1.54, 1.807) is 30.1 Å². The van der Waals surface area contributed by atoms with Crippen molar-refractivity contribution in [1.29, 1.82) is 0 Å². The molecule has 0 bridgehead atoms. The molecule has 0 saturated carbocycles. The number of likely N-dealkylation sites (N-methyl/N-ethyl adjacent to an activating group) is 2. The first-order valence-electron chi connectivity index (χ1n) is 5.78. The van der Waals surface area contributed by atoms with E-state index in [9.17, 15) is 9.18 Å². The Morgan fingerprint density at radius 2 is 2.12 bits per heavy atom. The second-order valence-electron chi connectivity index (χ2n) is 3.98. The van der Waals surface area contributed by atoms with Gasteiger partial charge in [0, 0.05) is 12.6 Å². The normalized spacial score (nSPS) is 12.2. The number of nitrogens with zero attached hydrogens (tertiary/aromatic N) is 1. The predicted octanol–water partition coefficient (Wildman–Crippen LogP) is 1.95. The maximum absolute atomic E-state index is 13.6. The number of carbonyl (C=O) groups is 1. The summed E-state index contributed by atoms with van der Waals surface area (Å²) >= 11 is 0. The van der Waals surface area contributed by atoms with Gasteiger partial charge in [0.2, 0.25) is 5.91 Å². The van der Waals surface area contributed by atoms with Crippen molar-refractivity contribution in [1.82, 2.24) is 10.2 Å². The molecular formula is C13H19FN2O. The van der Waals surface area contributed by atoms with Gasteiger partial charge < -0.3 is 10.2 Å². The van der Waals surface area contributed by atoms with Gasteiger partial charge in [0.1, 0.15) is 5.82 Å². The van der Waals surface area contributed by atoms with Crippen molar-refractivity contribution in [2.45, 2.75) is 19.9 Å². The van der Waals surface area contributed by atoms with Crippen LogP contribution >= 0.6 is 0 Å². The summed E-state index contributed by atoms with van der Waals surface area (Å²) in [4.78, 5) is 13.3. The van der Waals surface area contributed by atoms with Crippen LogP contribution < -0.4 is 5.32 Å². The first-order chi connectivity index (χ1) is 8.07. The van der Waals surface area contributed by atoms with E-state index < -0.39 is 0 Å². The van der Waals surface area contributed by atoms with Crippen LogP contribution in [0.5, 0.6) is 0 Å². The summed E-state index contributed by atoms with van der Waals surface area (Å²) in [5.41, 5.74) is 0.542. The fourth-order valence-electron chi connectivity index (χ4n) is 1.60. The van der Waals surface area contributed by atoms with Gasteiger partial charge in [0.15, 0.2) is 0 Å². The van der Waals surface area contributed by atoms with Crippen LogP contribution in [0.2, 0.25) is 0 Å². The Bertz CT molecular complexity index is 381. The van der Waals surface area contributed by atoms with E-state index in [4.69, 9.17) is 0 Å². The summed E-state index contributed by atoms with van der Waals surface area (Å²) in [5, 5.41) is 2.96. The number of halogens is 1. The molecule has 4 heteroatoms. The fraction of sp³-hybridized carbons (Fsp3) is 0.462. The molecule has 1 rings (SSSR count). The molecule has 0 spiro atoms. The fourth-order valence-corrected chi connectivity index (χ4v) is 1.60. The first-order valence-corrected chi connectivity index (χ1v) is 5.78. The molecule has 1 atom stereocenters. The lowest BCUT2D eigenvalue weighted by Crippen LogP contribution is -2.37. The second-order valence-corrected chi connectivity index (χ2v) is 3.98. The lowest BCUT2D eigenvalue weighted by atomic mass is 10.1. The minimum atomic E-state index is -0.275. The van der Waals surface area contributed by atoms with Crippen molar-refractivity contribution in [2.75, 3.05) is 20.1 Å². The second kappa shape index (κ2) is 6.35. The maximum atomic E-state index is 13.6. The number of amides is 1. The van der Waals surface area contributed by atoms with Crippen molar-refractivity contribution in [3.05, 3.63) is 35.6 Å². The summed E-state index contributed by atoms with van der Waals surface area (Å²) < 4.78 is 13.6. The Balaban J connectivity index is 2.72. The number of benzene rings is 1. The quantitative estimate of drug-likeness (QED) is 0.850. The summed E-state index contributed by atoms with van der Waals surface area (Å²) in [6.45, 7) is 4.79. The molecule has 0 saturated heterocycles. The van der Waals surface area contributed by atoms with Gasteiger partial charge in [-0.05, 0) is 19.5 Å². The van der Waals surface area contributed by atoms with Gasteiger partial charge in [0.05, 0.1) is 12.6 Å². The molecule has 1 N–H and O–H groups in total. The Kier molecular flexibility index (Phi) is 5.10. The monoisotopic (exact) mass is 238 g/mol. The zero-order chi connectivity index (χ0) is 12.8. The summed E-state index contributed by atoms with van der Waals surface area (Å²) in [6.07, 6.45) is 0. The van der Waals surface area contributed by atoms with Crippen molar-refractivity contribution in [2.24, 2.45) is 0 Å². The average molecular weight is 238 g/mol. The molecule has 0 aliphatic heterocycles. The Labute approximate surface area is 102 Å². The first kappa shape index (κ1) is 13.6. The number of hydrogen-bond acceptors (Lipinski definition) is 2. The standard InChI is InChI=1S/C13H19FN2O/c1-4-15-9-13(17)16(3)10(2)11-7-5-6-8-12(11)14/h5-8,10,15H,4,9H2,1-3H3. The largest absolute Gasteiger partial charge is 0.338 e. The molecule has 1 unspecified atom stereocenters. The molecule has 0 fully saturated rings. The van der Waals surface area contributed by atoms with Gasteiger partial charge in [-0.2, -0.15) is 0 Å².